The summed E-state index contributed by atoms with van der Waals surface area (Å²) in [6.45, 7) is 11.4. The van der Waals surface area contributed by atoms with Crippen molar-refractivity contribution in [3.05, 3.63) is 36.3 Å². The molecule has 3 rings (SSSR count). The van der Waals surface area contributed by atoms with Crippen molar-refractivity contribution in [3.8, 4) is 0 Å². The Labute approximate surface area is 165 Å². The Bertz CT molecular complexity index is 977. The van der Waals surface area contributed by atoms with Gasteiger partial charge in [0.25, 0.3) is 0 Å². The number of imidazole rings is 1. The lowest BCUT2D eigenvalue weighted by Gasteiger charge is -2.28. The Hall–Kier alpha value is -2.67. The van der Waals surface area contributed by atoms with Gasteiger partial charge in [0.05, 0.1) is 22.8 Å². The number of fused-ring (bicyclic) bond motifs is 3. The number of benzene rings is 1. The van der Waals surface area contributed by atoms with E-state index < -0.39 is 5.54 Å². The largest absolute Gasteiger partial charge is 0.374 e. The monoisotopic (exact) mass is 383 g/mol. The van der Waals surface area contributed by atoms with E-state index in [1.807, 2.05) is 52.8 Å². The molecule has 0 unspecified atom stereocenters. The van der Waals surface area contributed by atoms with Gasteiger partial charge in [-0.25, -0.2) is 9.78 Å². The molecule has 2 N–H and O–H groups in total. The van der Waals surface area contributed by atoms with Crippen LogP contribution in [0, 0.1) is 0 Å². The van der Waals surface area contributed by atoms with Crippen molar-refractivity contribution in [2.24, 2.45) is 0 Å². The summed E-state index contributed by atoms with van der Waals surface area (Å²) in [5, 5.41) is 6.99. The summed E-state index contributed by atoms with van der Waals surface area (Å²) in [6.07, 6.45) is 1.80. The molecule has 3 aromatic rings. The third-order valence-electron chi connectivity index (χ3n) is 4.42. The van der Waals surface area contributed by atoms with Gasteiger partial charge in [0.1, 0.15) is 17.9 Å². The van der Waals surface area contributed by atoms with Gasteiger partial charge >= 0.3 is 6.03 Å². The van der Waals surface area contributed by atoms with E-state index in [9.17, 15) is 4.79 Å². The molecule has 150 valence electrons. The Balaban J connectivity index is 2.04. The molecule has 0 atom stereocenters. The van der Waals surface area contributed by atoms with Crippen molar-refractivity contribution in [2.45, 2.75) is 59.4 Å². The van der Waals surface area contributed by atoms with Gasteiger partial charge in [-0.2, -0.15) is 0 Å². The Kier molecular flexibility index (Phi) is 5.84. The minimum atomic E-state index is -0.488. The van der Waals surface area contributed by atoms with Crippen LogP contribution >= 0.6 is 0 Å². The molecule has 0 aliphatic rings. The zero-order valence-electron chi connectivity index (χ0n) is 17.2. The van der Waals surface area contributed by atoms with Crippen molar-refractivity contribution < 1.29 is 9.53 Å². The van der Waals surface area contributed by atoms with Crippen molar-refractivity contribution in [3.63, 3.8) is 0 Å². The van der Waals surface area contributed by atoms with Crippen LogP contribution in [0.25, 0.3) is 21.9 Å². The SMILES string of the molecule is CCOCc1nc2cnc3ccccc3c2n1CC(C)(C)NC(=O)NC(C)C. The van der Waals surface area contributed by atoms with Gasteiger partial charge in [-0.05, 0) is 40.7 Å². The summed E-state index contributed by atoms with van der Waals surface area (Å²) in [5.41, 5.74) is 2.27. The summed E-state index contributed by atoms with van der Waals surface area (Å²) in [4.78, 5) is 21.5. The van der Waals surface area contributed by atoms with Crippen LogP contribution in [-0.4, -0.2) is 38.8 Å². The van der Waals surface area contributed by atoms with E-state index >= 15 is 0 Å². The first-order valence-electron chi connectivity index (χ1n) is 9.70. The second kappa shape index (κ2) is 8.14. The average Bonchev–Trinajstić information content (AvgIpc) is 2.95. The number of hydrogen-bond donors (Lipinski definition) is 2. The first kappa shape index (κ1) is 20.1. The van der Waals surface area contributed by atoms with Gasteiger partial charge in [-0.15, -0.1) is 0 Å². The molecule has 0 aliphatic carbocycles. The molecule has 0 saturated carbocycles. The molecular formula is C21H29N5O2. The maximum atomic E-state index is 12.2. The van der Waals surface area contributed by atoms with Crippen molar-refractivity contribution >= 4 is 28.0 Å². The number of carbonyl (C=O) groups excluding carboxylic acids is 1. The molecule has 0 radical (unpaired) electrons. The molecule has 2 heterocycles. The summed E-state index contributed by atoms with van der Waals surface area (Å²) >= 11 is 0. The van der Waals surface area contributed by atoms with Gasteiger partial charge in [0, 0.05) is 24.6 Å². The van der Waals surface area contributed by atoms with Crippen LogP contribution in [0.3, 0.4) is 0 Å². The zero-order chi connectivity index (χ0) is 20.3. The highest BCUT2D eigenvalue weighted by Crippen LogP contribution is 2.26. The fraction of sp³-hybridized carbons (Fsp3) is 0.476. The quantitative estimate of drug-likeness (QED) is 0.653. The second-order valence-electron chi connectivity index (χ2n) is 7.90. The lowest BCUT2D eigenvalue weighted by Crippen LogP contribution is -2.52. The molecule has 0 spiro atoms. The van der Waals surface area contributed by atoms with E-state index in [4.69, 9.17) is 9.72 Å². The molecule has 2 amide bonds. The van der Waals surface area contributed by atoms with E-state index in [2.05, 4.69) is 26.3 Å². The third kappa shape index (κ3) is 4.42. The first-order chi connectivity index (χ1) is 13.3. The molecule has 0 fully saturated rings. The number of para-hydroxylation sites is 1. The second-order valence-corrected chi connectivity index (χ2v) is 7.90. The molecule has 7 heteroatoms. The molecular weight excluding hydrogens is 354 g/mol. The summed E-state index contributed by atoms with van der Waals surface area (Å²) in [6, 6.07) is 7.93. The van der Waals surface area contributed by atoms with Gasteiger partial charge in [0.15, 0.2) is 0 Å². The van der Waals surface area contributed by atoms with Gasteiger partial charge in [0.2, 0.25) is 0 Å². The van der Waals surface area contributed by atoms with Crippen LogP contribution in [-0.2, 0) is 17.9 Å². The number of nitrogens with one attached hydrogen (secondary N) is 2. The van der Waals surface area contributed by atoms with Gasteiger partial charge in [-0.1, -0.05) is 18.2 Å². The van der Waals surface area contributed by atoms with Gasteiger partial charge in [-0.3, -0.25) is 4.98 Å². The number of urea groups is 1. The lowest BCUT2D eigenvalue weighted by atomic mass is 10.1. The summed E-state index contributed by atoms with van der Waals surface area (Å²) in [5.74, 6) is 0.828. The standard InChI is InChI=1S/C21H29N5O2/c1-6-28-12-18-24-17-11-22-16-10-8-7-9-15(16)19(17)26(18)13-21(4,5)25-20(27)23-14(2)3/h7-11,14H,6,12-13H2,1-5H3,(H2,23,25,27). The molecule has 0 bridgehead atoms. The van der Waals surface area contributed by atoms with Gasteiger partial charge < -0.3 is 19.9 Å². The van der Waals surface area contributed by atoms with Crippen LogP contribution in [0.4, 0.5) is 4.79 Å². The Morgan fingerprint density at radius 2 is 2.00 bits per heavy atom. The highest BCUT2D eigenvalue weighted by molar-refractivity contribution is 6.02. The van der Waals surface area contributed by atoms with Crippen molar-refractivity contribution in [1.29, 1.82) is 0 Å². The van der Waals surface area contributed by atoms with Crippen molar-refractivity contribution in [1.82, 2.24) is 25.2 Å². The van der Waals surface area contributed by atoms with E-state index in [1.165, 1.54) is 0 Å². The number of nitrogens with zero attached hydrogens (tertiary/aromatic N) is 3. The number of ether oxygens (including phenoxy) is 1. The molecule has 2 aromatic heterocycles. The molecule has 28 heavy (non-hydrogen) atoms. The number of carbonyl (C=O) groups is 1. The van der Waals surface area contributed by atoms with Crippen LogP contribution in [0.5, 0.6) is 0 Å². The maximum Gasteiger partial charge on any atom is 0.315 e. The zero-order valence-corrected chi connectivity index (χ0v) is 17.2. The third-order valence-corrected chi connectivity index (χ3v) is 4.42. The topological polar surface area (TPSA) is 81.1 Å². The molecule has 1 aromatic carbocycles. The van der Waals surface area contributed by atoms with E-state index in [-0.39, 0.29) is 12.1 Å². The fourth-order valence-electron chi connectivity index (χ4n) is 3.32. The minimum Gasteiger partial charge on any atom is -0.374 e. The molecule has 0 aliphatic heterocycles. The number of amides is 2. The lowest BCUT2D eigenvalue weighted by molar-refractivity contribution is 0.124. The van der Waals surface area contributed by atoms with Crippen LogP contribution in [0.15, 0.2) is 30.5 Å². The Morgan fingerprint density at radius 3 is 2.71 bits per heavy atom. The maximum absolute atomic E-state index is 12.2. The first-order valence-corrected chi connectivity index (χ1v) is 9.70. The number of rotatable bonds is 7. The average molecular weight is 383 g/mol. The highest BCUT2D eigenvalue weighted by Gasteiger charge is 2.25. The van der Waals surface area contributed by atoms with E-state index in [0.717, 1.165) is 27.8 Å². The van der Waals surface area contributed by atoms with Crippen LogP contribution < -0.4 is 10.6 Å². The Morgan fingerprint density at radius 1 is 1.25 bits per heavy atom. The number of hydrogen-bond acceptors (Lipinski definition) is 4. The number of aromatic nitrogens is 3. The smallest absolute Gasteiger partial charge is 0.315 e. The predicted molar refractivity (Wildman–Crippen MR) is 111 cm³/mol. The predicted octanol–water partition coefficient (Wildman–Crippen LogP) is 3.61. The molecule has 7 nitrogen and oxygen atoms in total. The number of pyridine rings is 1. The van der Waals surface area contributed by atoms with Crippen LogP contribution in [0.1, 0.15) is 40.4 Å². The van der Waals surface area contributed by atoms with Crippen LogP contribution in [0.2, 0.25) is 0 Å². The highest BCUT2D eigenvalue weighted by atomic mass is 16.5. The normalized spacial score (nSPS) is 12.1. The summed E-state index contributed by atoms with van der Waals surface area (Å²) < 4.78 is 7.79. The van der Waals surface area contributed by atoms with E-state index in [0.29, 0.717) is 19.8 Å². The minimum absolute atomic E-state index is 0.0772. The summed E-state index contributed by atoms with van der Waals surface area (Å²) in [7, 11) is 0. The van der Waals surface area contributed by atoms with Crippen molar-refractivity contribution in [2.75, 3.05) is 6.61 Å². The molecule has 0 saturated heterocycles. The fourth-order valence-corrected chi connectivity index (χ4v) is 3.32. The van der Waals surface area contributed by atoms with E-state index in [1.54, 1.807) is 6.20 Å².